The second-order valence-corrected chi connectivity index (χ2v) is 15.0. The van der Waals surface area contributed by atoms with Crippen LogP contribution in [-0.4, -0.2) is 47.8 Å². The maximum absolute atomic E-state index is 11.9. The Labute approximate surface area is 274 Å². The number of aliphatic hydroxyl groups is 1. The van der Waals surface area contributed by atoms with Crippen molar-refractivity contribution in [3.8, 4) is 11.1 Å². The third kappa shape index (κ3) is 7.33. The fraction of sp³-hybridized carbons (Fsp3) is 0.513. The molecule has 2 bridgehead atoms. The number of urea groups is 1. The van der Waals surface area contributed by atoms with Gasteiger partial charge in [0.25, 0.3) is 0 Å². The van der Waals surface area contributed by atoms with E-state index >= 15 is 0 Å². The highest BCUT2D eigenvalue weighted by Crippen LogP contribution is 2.53. The first-order valence-corrected chi connectivity index (χ1v) is 17.0. The van der Waals surface area contributed by atoms with Crippen molar-refractivity contribution in [2.45, 2.75) is 91.6 Å². The Morgan fingerprint density at radius 1 is 0.913 bits per heavy atom. The van der Waals surface area contributed by atoms with Crippen LogP contribution in [0.5, 0.6) is 0 Å². The van der Waals surface area contributed by atoms with Crippen molar-refractivity contribution in [2.24, 2.45) is 16.7 Å². The van der Waals surface area contributed by atoms with E-state index in [1.165, 1.54) is 19.3 Å². The Kier molecular flexibility index (Phi) is 9.58. The molecule has 1 saturated carbocycles. The first-order valence-electron chi connectivity index (χ1n) is 17.0. The summed E-state index contributed by atoms with van der Waals surface area (Å²) >= 11 is 0. The molecule has 6 rings (SSSR count). The number of aliphatic hydroxyl groups excluding tert-OH is 1. The van der Waals surface area contributed by atoms with Crippen LogP contribution in [0.1, 0.15) is 88.5 Å². The molecule has 0 spiro atoms. The SMILES string of the molecule is CCNC(=O)NCc1cccc(-c2ccc(C3OC(CN4CC5(C)CC4CC(C)(C)C5)C(C)C(c4ccc(CO)cc4)O3)cc2)c1. The molecule has 3 N–H and O–H groups in total. The normalized spacial score (nSPS) is 29.0. The number of benzene rings is 3. The predicted molar refractivity (Wildman–Crippen MR) is 182 cm³/mol. The van der Waals surface area contributed by atoms with Crippen LogP contribution in [0.2, 0.25) is 0 Å². The highest BCUT2D eigenvalue weighted by Gasteiger charge is 2.51. The van der Waals surface area contributed by atoms with Gasteiger partial charge in [-0.25, -0.2) is 4.79 Å². The summed E-state index contributed by atoms with van der Waals surface area (Å²) in [4.78, 5) is 14.6. The standard InChI is InChI=1S/C39H51N3O4/c1-6-40-37(44)41-21-28-8-7-9-32(18-28)29-14-16-31(17-15-29)36-45-34(22-42-25-39(5)20-33(42)19-38(3,4)24-39)26(2)35(46-36)30-12-10-27(23-43)11-13-30/h7-18,26,33-36,43H,6,19-25H2,1-5H3,(H2,40,41,44). The molecule has 246 valence electrons. The van der Waals surface area contributed by atoms with Crippen molar-refractivity contribution in [1.82, 2.24) is 15.5 Å². The first-order chi connectivity index (χ1) is 22.0. The van der Waals surface area contributed by atoms with E-state index < -0.39 is 6.29 Å². The van der Waals surface area contributed by atoms with Crippen LogP contribution in [0.4, 0.5) is 4.79 Å². The van der Waals surface area contributed by atoms with Gasteiger partial charge in [-0.1, -0.05) is 94.4 Å². The van der Waals surface area contributed by atoms with Gasteiger partial charge in [0.2, 0.25) is 0 Å². The highest BCUT2D eigenvalue weighted by atomic mass is 16.7. The monoisotopic (exact) mass is 625 g/mol. The number of carbonyl (C=O) groups is 1. The Balaban J connectivity index is 1.22. The van der Waals surface area contributed by atoms with E-state index in [1.54, 1.807) is 0 Å². The molecule has 2 amide bonds. The van der Waals surface area contributed by atoms with Crippen molar-refractivity contribution in [1.29, 1.82) is 0 Å². The fourth-order valence-corrected chi connectivity index (χ4v) is 8.45. The number of hydrogen-bond donors (Lipinski definition) is 3. The fourth-order valence-electron chi connectivity index (χ4n) is 8.45. The third-order valence-corrected chi connectivity index (χ3v) is 10.3. The number of amides is 2. The average molecular weight is 626 g/mol. The van der Waals surface area contributed by atoms with Crippen LogP contribution in [0, 0.1) is 16.7 Å². The molecule has 3 aromatic carbocycles. The number of nitrogens with one attached hydrogen (secondary N) is 2. The van der Waals surface area contributed by atoms with Crippen LogP contribution in [-0.2, 0) is 22.6 Å². The largest absolute Gasteiger partial charge is 0.392 e. The van der Waals surface area contributed by atoms with Gasteiger partial charge in [-0.2, -0.15) is 0 Å². The molecule has 46 heavy (non-hydrogen) atoms. The molecule has 2 aliphatic heterocycles. The summed E-state index contributed by atoms with van der Waals surface area (Å²) in [6.07, 6.45) is 3.19. The van der Waals surface area contributed by atoms with E-state index in [0.717, 1.165) is 46.5 Å². The summed E-state index contributed by atoms with van der Waals surface area (Å²) in [5.41, 5.74) is 6.99. The van der Waals surface area contributed by atoms with Crippen molar-refractivity contribution in [2.75, 3.05) is 19.6 Å². The van der Waals surface area contributed by atoms with Gasteiger partial charge in [0, 0.05) is 43.7 Å². The van der Waals surface area contributed by atoms with E-state index in [-0.39, 0.29) is 30.8 Å². The molecule has 0 aromatic heterocycles. The van der Waals surface area contributed by atoms with Crippen LogP contribution in [0.25, 0.3) is 11.1 Å². The number of ether oxygens (including phenoxy) is 2. The van der Waals surface area contributed by atoms with Gasteiger partial charge in [-0.3, -0.25) is 4.90 Å². The number of carbonyl (C=O) groups excluding carboxylic acids is 1. The molecular weight excluding hydrogens is 574 g/mol. The van der Waals surface area contributed by atoms with Crippen LogP contribution in [0.15, 0.2) is 72.8 Å². The molecule has 6 unspecified atom stereocenters. The lowest BCUT2D eigenvalue weighted by Gasteiger charge is -2.43. The zero-order valence-corrected chi connectivity index (χ0v) is 28.1. The van der Waals surface area contributed by atoms with E-state index in [2.05, 4.69) is 91.8 Å². The highest BCUT2D eigenvalue weighted by molar-refractivity contribution is 5.73. The van der Waals surface area contributed by atoms with Crippen LogP contribution >= 0.6 is 0 Å². The molecule has 3 fully saturated rings. The molecule has 6 atom stereocenters. The Morgan fingerprint density at radius 2 is 1.65 bits per heavy atom. The van der Waals surface area contributed by atoms with Gasteiger partial charge in [0.1, 0.15) is 0 Å². The summed E-state index contributed by atoms with van der Waals surface area (Å²) in [6, 6.07) is 25.4. The number of hydrogen-bond acceptors (Lipinski definition) is 5. The molecule has 1 aliphatic carbocycles. The van der Waals surface area contributed by atoms with E-state index in [9.17, 15) is 9.90 Å². The summed E-state index contributed by atoms with van der Waals surface area (Å²) in [5, 5.41) is 15.3. The molecule has 2 saturated heterocycles. The molecule has 7 heteroatoms. The van der Waals surface area contributed by atoms with Crippen molar-refractivity contribution in [3.63, 3.8) is 0 Å². The lowest BCUT2D eigenvalue weighted by atomic mass is 9.65. The van der Waals surface area contributed by atoms with Gasteiger partial charge < -0.3 is 25.2 Å². The Bertz CT molecular complexity index is 1490. The molecule has 0 radical (unpaired) electrons. The molecule has 3 aliphatic rings. The third-order valence-electron chi connectivity index (χ3n) is 10.3. The molecule has 2 heterocycles. The van der Waals surface area contributed by atoms with Gasteiger partial charge in [0.15, 0.2) is 6.29 Å². The topological polar surface area (TPSA) is 83.1 Å². The van der Waals surface area contributed by atoms with Crippen molar-refractivity contribution < 1.29 is 19.4 Å². The maximum Gasteiger partial charge on any atom is 0.315 e. The number of nitrogens with zero attached hydrogens (tertiary/aromatic N) is 1. The number of fused-ring (bicyclic) bond motifs is 2. The minimum absolute atomic E-state index is 0.0149. The van der Waals surface area contributed by atoms with Crippen LogP contribution < -0.4 is 10.6 Å². The second kappa shape index (κ2) is 13.5. The zero-order chi connectivity index (χ0) is 32.5. The Morgan fingerprint density at radius 3 is 2.37 bits per heavy atom. The van der Waals surface area contributed by atoms with E-state index in [1.807, 2.05) is 31.2 Å². The number of rotatable bonds is 9. The summed E-state index contributed by atoms with van der Waals surface area (Å²) in [5.74, 6) is 0.160. The second-order valence-electron chi connectivity index (χ2n) is 15.0. The average Bonchev–Trinajstić information content (AvgIpc) is 3.28. The quantitative estimate of drug-likeness (QED) is 0.232. The van der Waals surface area contributed by atoms with Crippen molar-refractivity contribution in [3.05, 3.63) is 95.1 Å². The maximum atomic E-state index is 11.9. The van der Waals surface area contributed by atoms with Gasteiger partial charge in [-0.05, 0) is 70.9 Å². The number of likely N-dealkylation sites (tertiary alicyclic amines) is 1. The zero-order valence-electron chi connectivity index (χ0n) is 28.1. The summed E-state index contributed by atoms with van der Waals surface area (Å²) in [7, 11) is 0. The summed E-state index contributed by atoms with van der Waals surface area (Å²) < 4.78 is 13.6. The molecular formula is C39H51N3O4. The lowest BCUT2D eigenvalue weighted by molar-refractivity contribution is -0.276. The van der Waals surface area contributed by atoms with Crippen molar-refractivity contribution >= 4 is 6.03 Å². The lowest BCUT2D eigenvalue weighted by Crippen LogP contribution is -2.46. The van der Waals surface area contributed by atoms with Gasteiger partial charge >= 0.3 is 6.03 Å². The molecule has 3 aromatic rings. The van der Waals surface area contributed by atoms with Gasteiger partial charge in [-0.15, -0.1) is 0 Å². The minimum Gasteiger partial charge on any atom is -0.392 e. The smallest absolute Gasteiger partial charge is 0.315 e. The minimum atomic E-state index is -0.487. The van der Waals surface area contributed by atoms with Crippen LogP contribution in [0.3, 0.4) is 0 Å². The first kappa shape index (κ1) is 32.7. The molecule has 7 nitrogen and oxygen atoms in total. The van der Waals surface area contributed by atoms with E-state index in [4.69, 9.17) is 9.47 Å². The Hall–Kier alpha value is -3.23. The summed E-state index contributed by atoms with van der Waals surface area (Å²) in [6.45, 7) is 14.6. The van der Waals surface area contributed by atoms with Gasteiger partial charge in [0.05, 0.1) is 18.8 Å². The van der Waals surface area contributed by atoms with E-state index in [0.29, 0.717) is 30.0 Å². The predicted octanol–water partition coefficient (Wildman–Crippen LogP) is 7.36.